The summed E-state index contributed by atoms with van der Waals surface area (Å²) >= 11 is 0. The highest BCUT2D eigenvalue weighted by Crippen LogP contribution is 1.78. The van der Waals surface area contributed by atoms with Gasteiger partial charge >= 0.3 is 0 Å². The summed E-state index contributed by atoms with van der Waals surface area (Å²) in [5, 5.41) is 3.20. The molecule has 0 spiro atoms. The maximum absolute atomic E-state index is 5.23. The molecule has 2 nitrogen and oxygen atoms in total. The third-order valence-electron chi connectivity index (χ3n) is 0.942. The normalized spacial score (nSPS) is 9.75. The van der Waals surface area contributed by atoms with Crippen molar-refractivity contribution in [3.63, 3.8) is 0 Å². The van der Waals surface area contributed by atoms with Crippen molar-refractivity contribution in [2.45, 2.75) is 13.3 Å². The highest BCUT2D eigenvalue weighted by molar-refractivity contribution is 4.65. The first kappa shape index (κ1) is 7.92. The zero-order chi connectivity index (χ0) is 6.24. The van der Waals surface area contributed by atoms with E-state index in [1.54, 1.807) is 0 Å². The van der Waals surface area contributed by atoms with Gasteiger partial charge in [-0.1, -0.05) is 6.92 Å². The van der Waals surface area contributed by atoms with Crippen LogP contribution < -0.4 is 11.1 Å². The molecule has 0 fully saturated rings. The smallest absolute Gasteiger partial charge is 0.00453 e. The maximum atomic E-state index is 5.23. The molecule has 0 aliphatic carbocycles. The number of hydrogen-bond acceptors (Lipinski definition) is 2. The fraction of sp³-hybridized carbons (Fsp3) is 0.833. The van der Waals surface area contributed by atoms with Gasteiger partial charge in [-0.2, -0.15) is 0 Å². The zero-order valence-electron chi connectivity index (χ0n) is 5.48. The molecule has 0 unspecified atom stereocenters. The van der Waals surface area contributed by atoms with Crippen molar-refractivity contribution < 1.29 is 0 Å². The van der Waals surface area contributed by atoms with Gasteiger partial charge < -0.3 is 11.1 Å². The van der Waals surface area contributed by atoms with E-state index in [1.165, 1.54) is 0 Å². The van der Waals surface area contributed by atoms with Crippen LogP contribution in [0.1, 0.15) is 13.3 Å². The van der Waals surface area contributed by atoms with Crippen LogP contribution in [0.3, 0.4) is 0 Å². The van der Waals surface area contributed by atoms with Crippen LogP contribution in [-0.2, 0) is 0 Å². The number of hydrogen-bond donors (Lipinski definition) is 2. The first-order valence-electron chi connectivity index (χ1n) is 3.14. The molecule has 49 valence electrons. The Bertz CT molecular complexity index is 31.5. The number of unbranched alkanes of at least 4 members (excludes halogenated alkanes) is 1. The highest BCUT2D eigenvalue weighted by Gasteiger charge is 1.81. The fourth-order valence-corrected chi connectivity index (χ4v) is 0.499. The summed E-state index contributed by atoms with van der Waals surface area (Å²) < 4.78 is 0. The molecule has 0 rings (SSSR count). The van der Waals surface area contributed by atoms with Gasteiger partial charge in [0.1, 0.15) is 0 Å². The van der Waals surface area contributed by atoms with Crippen molar-refractivity contribution in [2.24, 2.45) is 5.73 Å². The van der Waals surface area contributed by atoms with E-state index in [9.17, 15) is 0 Å². The molecule has 0 aliphatic heterocycles. The van der Waals surface area contributed by atoms with E-state index in [1.807, 2.05) is 0 Å². The van der Waals surface area contributed by atoms with Gasteiger partial charge in [0.05, 0.1) is 0 Å². The summed E-state index contributed by atoms with van der Waals surface area (Å²) in [7, 11) is 0. The average Bonchev–Trinajstić information content (AvgIpc) is 1.81. The molecular formula is C6H15N2. The molecule has 0 saturated heterocycles. The zero-order valence-corrected chi connectivity index (χ0v) is 5.48. The summed E-state index contributed by atoms with van der Waals surface area (Å²) in [4.78, 5) is 0. The number of rotatable bonds is 5. The van der Waals surface area contributed by atoms with Crippen LogP contribution in [-0.4, -0.2) is 19.6 Å². The minimum atomic E-state index is 0.700. The van der Waals surface area contributed by atoms with E-state index in [4.69, 9.17) is 5.73 Å². The predicted octanol–water partition coefficient (Wildman–Crippen LogP) is 0.149. The van der Waals surface area contributed by atoms with Crippen LogP contribution in [0.25, 0.3) is 0 Å². The lowest BCUT2D eigenvalue weighted by molar-refractivity contribution is 0.705. The summed E-state index contributed by atoms with van der Waals surface area (Å²) in [6.07, 6.45) is 3.16. The third-order valence-corrected chi connectivity index (χ3v) is 0.942. The van der Waals surface area contributed by atoms with Crippen LogP contribution in [0.4, 0.5) is 0 Å². The van der Waals surface area contributed by atoms with Crippen LogP contribution >= 0.6 is 0 Å². The molecule has 0 aromatic carbocycles. The number of nitrogens with two attached hydrogens (primary N) is 1. The van der Waals surface area contributed by atoms with E-state index < -0.39 is 0 Å². The Morgan fingerprint density at radius 2 is 2.38 bits per heavy atom. The van der Waals surface area contributed by atoms with E-state index >= 15 is 0 Å². The predicted molar refractivity (Wildman–Crippen MR) is 36.5 cm³/mol. The van der Waals surface area contributed by atoms with E-state index in [-0.39, 0.29) is 0 Å². The standard InChI is InChI=1S/C6H15N2/c1-2-8-6-4-3-5-7/h3,8H,2,4-7H2,1H3. The maximum Gasteiger partial charge on any atom is -0.00453 e. The lowest BCUT2D eigenvalue weighted by atomic mass is 10.3. The first-order chi connectivity index (χ1) is 3.91. The molecule has 3 N–H and O–H groups in total. The van der Waals surface area contributed by atoms with Gasteiger partial charge in [0.25, 0.3) is 0 Å². The lowest BCUT2D eigenvalue weighted by Crippen LogP contribution is -2.15. The Morgan fingerprint density at radius 3 is 2.88 bits per heavy atom. The van der Waals surface area contributed by atoms with Crippen LogP contribution in [0, 0.1) is 6.42 Å². The molecule has 0 aromatic rings. The SMILES string of the molecule is CCNCC[CH]CN. The van der Waals surface area contributed by atoms with Gasteiger partial charge in [0, 0.05) is 0 Å². The van der Waals surface area contributed by atoms with Crippen molar-refractivity contribution in [1.29, 1.82) is 0 Å². The van der Waals surface area contributed by atoms with Crippen molar-refractivity contribution in [3.8, 4) is 0 Å². The van der Waals surface area contributed by atoms with Crippen molar-refractivity contribution in [1.82, 2.24) is 5.32 Å². The summed E-state index contributed by atoms with van der Waals surface area (Å²) in [5.41, 5.74) is 5.23. The Hall–Kier alpha value is -0.0800. The van der Waals surface area contributed by atoms with Crippen molar-refractivity contribution in [3.05, 3.63) is 6.42 Å². The van der Waals surface area contributed by atoms with Crippen LogP contribution in [0.5, 0.6) is 0 Å². The Morgan fingerprint density at radius 1 is 1.62 bits per heavy atom. The monoisotopic (exact) mass is 115 g/mol. The Labute approximate surface area is 51.5 Å². The average molecular weight is 115 g/mol. The second-order valence-corrected chi connectivity index (χ2v) is 1.67. The number of nitrogens with one attached hydrogen (secondary N) is 1. The highest BCUT2D eigenvalue weighted by atomic mass is 14.8. The molecule has 0 bridgehead atoms. The van der Waals surface area contributed by atoms with Gasteiger partial charge in [-0.25, -0.2) is 0 Å². The minimum Gasteiger partial charge on any atom is -0.330 e. The molecular weight excluding hydrogens is 100 g/mol. The molecule has 0 saturated carbocycles. The lowest BCUT2D eigenvalue weighted by Gasteiger charge is -1.97. The van der Waals surface area contributed by atoms with E-state index in [0.29, 0.717) is 6.54 Å². The second-order valence-electron chi connectivity index (χ2n) is 1.67. The minimum absolute atomic E-state index is 0.700. The van der Waals surface area contributed by atoms with E-state index in [2.05, 4.69) is 18.7 Å². The summed E-state index contributed by atoms with van der Waals surface area (Å²) in [5.74, 6) is 0. The Balaban J connectivity index is 2.53. The molecule has 8 heavy (non-hydrogen) atoms. The summed E-state index contributed by atoms with van der Waals surface area (Å²) in [6.45, 7) is 4.92. The second kappa shape index (κ2) is 6.92. The topological polar surface area (TPSA) is 38.0 Å². The molecule has 0 atom stereocenters. The third kappa shape index (κ3) is 5.92. The van der Waals surface area contributed by atoms with Gasteiger partial charge in [0.15, 0.2) is 0 Å². The summed E-state index contributed by atoms with van der Waals surface area (Å²) in [6, 6.07) is 0. The molecule has 1 radical (unpaired) electrons. The van der Waals surface area contributed by atoms with Gasteiger partial charge in [-0.15, -0.1) is 0 Å². The first-order valence-corrected chi connectivity index (χ1v) is 3.14. The molecule has 0 aliphatic rings. The molecule has 0 aromatic heterocycles. The fourth-order valence-electron chi connectivity index (χ4n) is 0.499. The van der Waals surface area contributed by atoms with Crippen molar-refractivity contribution >= 4 is 0 Å². The molecule has 0 amide bonds. The molecule has 2 heteroatoms. The van der Waals surface area contributed by atoms with E-state index in [0.717, 1.165) is 19.5 Å². The van der Waals surface area contributed by atoms with Gasteiger partial charge in [0.2, 0.25) is 0 Å². The quantitative estimate of drug-likeness (QED) is 0.500. The van der Waals surface area contributed by atoms with Gasteiger partial charge in [-0.3, -0.25) is 0 Å². The Kier molecular flexibility index (Phi) is 6.85. The molecule has 0 heterocycles. The van der Waals surface area contributed by atoms with Crippen LogP contribution in [0.15, 0.2) is 0 Å². The van der Waals surface area contributed by atoms with Crippen molar-refractivity contribution in [2.75, 3.05) is 19.6 Å². The van der Waals surface area contributed by atoms with Gasteiger partial charge in [-0.05, 0) is 32.5 Å². The largest absolute Gasteiger partial charge is 0.330 e. The van der Waals surface area contributed by atoms with Crippen LogP contribution in [0.2, 0.25) is 0 Å².